The number of carbonyl (C=O) groups is 1. The molecule has 3 rings (SSSR count). The topological polar surface area (TPSA) is 75.7 Å². The van der Waals surface area contributed by atoms with Crippen LogP contribution in [0, 0.1) is 0 Å². The molecule has 1 fully saturated rings. The smallest absolute Gasteiger partial charge is 0.235 e. The monoisotopic (exact) mass is 366 g/mol. The number of hydrogen-bond donors (Lipinski definition) is 1. The lowest BCUT2D eigenvalue weighted by Gasteiger charge is -2.20. The summed E-state index contributed by atoms with van der Waals surface area (Å²) in [5.41, 5.74) is 1.08. The van der Waals surface area contributed by atoms with Gasteiger partial charge in [-0.2, -0.15) is 0 Å². The number of benzene rings is 1. The number of thiophene rings is 1. The predicted molar refractivity (Wildman–Crippen MR) is 95.4 cm³/mol. The van der Waals surface area contributed by atoms with Crippen LogP contribution in [0.25, 0.3) is 0 Å². The van der Waals surface area contributed by atoms with Crippen molar-refractivity contribution in [3.63, 3.8) is 0 Å². The zero-order valence-corrected chi connectivity index (χ0v) is 14.8. The molecule has 0 unspecified atom stereocenters. The largest absolute Gasteiger partial charge is 0.494 e. The van der Waals surface area contributed by atoms with Crippen LogP contribution >= 0.6 is 11.3 Å². The Morgan fingerprint density at radius 1 is 1.38 bits per heavy atom. The van der Waals surface area contributed by atoms with E-state index in [1.165, 1.54) is 22.8 Å². The van der Waals surface area contributed by atoms with E-state index in [4.69, 9.17) is 4.74 Å². The lowest BCUT2D eigenvalue weighted by Crippen LogP contribution is -2.25. The van der Waals surface area contributed by atoms with E-state index in [-0.39, 0.29) is 11.7 Å². The molecule has 0 aliphatic carbocycles. The average molecular weight is 366 g/mol. The van der Waals surface area contributed by atoms with Gasteiger partial charge in [-0.15, -0.1) is 11.3 Å². The van der Waals surface area contributed by atoms with E-state index in [1.807, 2.05) is 17.5 Å². The Hall–Kier alpha value is -2.06. The molecule has 0 atom stereocenters. The second-order valence-electron chi connectivity index (χ2n) is 5.43. The van der Waals surface area contributed by atoms with Gasteiger partial charge in [0.15, 0.2) is 0 Å². The molecule has 1 aliphatic rings. The number of nitrogens with zero attached hydrogens (tertiary/aromatic N) is 1. The van der Waals surface area contributed by atoms with Crippen molar-refractivity contribution < 1.29 is 17.9 Å². The number of carbonyl (C=O) groups excluding carboxylic acids is 1. The van der Waals surface area contributed by atoms with Gasteiger partial charge in [0.1, 0.15) is 5.75 Å². The Kier molecular flexibility index (Phi) is 4.77. The van der Waals surface area contributed by atoms with Crippen LogP contribution in [0.5, 0.6) is 5.75 Å². The summed E-state index contributed by atoms with van der Waals surface area (Å²) in [5.74, 6) is 0.450. The molecule has 2 aromatic rings. The van der Waals surface area contributed by atoms with Gasteiger partial charge in [-0.25, -0.2) is 8.42 Å². The summed E-state index contributed by atoms with van der Waals surface area (Å²) in [5, 5.41) is 4.74. The highest BCUT2D eigenvalue weighted by molar-refractivity contribution is 7.93. The van der Waals surface area contributed by atoms with Crippen molar-refractivity contribution in [2.24, 2.45) is 0 Å². The quantitative estimate of drug-likeness (QED) is 0.882. The summed E-state index contributed by atoms with van der Waals surface area (Å²) in [4.78, 5) is 13.1. The number of methoxy groups -OCH3 is 1. The lowest BCUT2D eigenvalue weighted by atomic mass is 10.2. The van der Waals surface area contributed by atoms with Gasteiger partial charge in [-0.3, -0.25) is 9.10 Å². The van der Waals surface area contributed by atoms with Gasteiger partial charge in [0, 0.05) is 23.2 Å². The maximum Gasteiger partial charge on any atom is 0.235 e. The van der Waals surface area contributed by atoms with Crippen molar-refractivity contribution in [3.8, 4) is 5.75 Å². The summed E-state index contributed by atoms with van der Waals surface area (Å²) < 4.78 is 30.8. The van der Waals surface area contributed by atoms with Gasteiger partial charge >= 0.3 is 0 Å². The fourth-order valence-electron chi connectivity index (χ4n) is 2.65. The van der Waals surface area contributed by atoms with E-state index >= 15 is 0 Å². The van der Waals surface area contributed by atoms with Crippen LogP contribution in [0.15, 0.2) is 35.7 Å². The first-order valence-corrected chi connectivity index (χ1v) is 9.99. The van der Waals surface area contributed by atoms with Crippen LogP contribution in [-0.2, 0) is 21.2 Å². The highest BCUT2D eigenvalue weighted by atomic mass is 32.2. The van der Waals surface area contributed by atoms with Crippen molar-refractivity contribution in [3.05, 3.63) is 40.6 Å². The molecule has 0 spiro atoms. The maximum atomic E-state index is 12.1. The first-order chi connectivity index (χ1) is 11.5. The molecule has 128 valence electrons. The summed E-state index contributed by atoms with van der Waals surface area (Å²) >= 11 is 1.53. The highest BCUT2D eigenvalue weighted by Crippen LogP contribution is 2.35. The molecule has 1 N–H and O–H groups in total. The van der Waals surface area contributed by atoms with Crippen LogP contribution in [0.2, 0.25) is 0 Å². The molecule has 1 aromatic heterocycles. The number of amides is 1. The molecule has 0 radical (unpaired) electrons. The molecule has 1 aliphatic heterocycles. The summed E-state index contributed by atoms with van der Waals surface area (Å²) in [7, 11) is -1.79. The molecule has 8 heteroatoms. The second kappa shape index (κ2) is 6.82. The minimum Gasteiger partial charge on any atom is -0.494 e. The molecular formula is C16H18N2O4S2. The van der Waals surface area contributed by atoms with Crippen molar-refractivity contribution in [2.45, 2.75) is 12.8 Å². The van der Waals surface area contributed by atoms with Crippen LogP contribution in [0.1, 0.15) is 11.3 Å². The Morgan fingerprint density at radius 3 is 2.83 bits per heavy atom. The van der Waals surface area contributed by atoms with Crippen LogP contribution in [0.3, 0.4) is 0 Å². The first kappa shape index (κ1) is 16.8. The number of sulfonamides is 1. The third-order valence-electron chi connectivity index (χ3n) is 3.75. The number of rotatable bonds is 5. The normalized spacial score (nSPS) is 16.1. The van der Waals surface area contributed by atoms with Crippen molar-refractivity contribution >= 4 is 38.6 Å². The third-order valence-corrected chi connectivity index (χ3v) is 6.48. The lowest BCUT2D eigenvalue weighted by molar-refractivity contribution is -0.115. The number of ether oxygens (including phenoxy) is 1. The summed E-state index contributed by atoms with van der Waals surface area (Å²) in [6.07, 6.45) is 0.910. The molecule has 2 heterocycles. The third kappa shape index (κ3) is 3.54. The second-order valence-corrected chi connectivity index (χ2v) is 8.48. The van der Waals surface area contributed by atoms with Crippen molar-refractivity contribution in [1.29, 1.82) is 0 Å². The van der Waals surface area contributed by atoms with Gasteiger partial charge in [0.05, 0.1) is 25.0 Å². The zero-order chi connectivity index (χ0) is 17.2. The Bertz CT molecular complexity index is 832. The van der Waals surface area contributed by atoms with Crippen molar-refractivity contribution in [2.75, 3.05) is 29.0 Å². The summed E-state index contributed by atoms with van der Waals surface area (Å²) in [6, 6.07) is 8.82. The average Bonchev–Trinajstić information content (AvgIpc) is 3.16. The molecular weight excluding hydrogens is 348 g/mol. The van der Waals surface area contributed by atoms with Gasteiger partial charge < -0.3 is 10.1 Å². The molecule has 1 aromatic carbocycles. The van der Waals surface area contributed by atoms with E-state index in [9.17, 15) is 13.2 Å². The van der Waals surface area contributed by atoms with Crippen molar-refractivity contribution in [1.82, 2.24) is 0 Å². The van der Waals surface area contributed by atoms with Gasteiger partial charge in [0.25, 0.3) is 0 Å². The van der Waals surface area contributed by atoms with E-state index in [0.717, 1.165) is 4.88 Å². The SMILES string of the molecule is COc1cc(NC(=O)Cc2cccs2)ccc1N1CCCS1(=O)=O. The van der Waals surface area contributed by atoms with E-state index in [2.05, 4.69) is 5.32 Å². The Balaban J connectivity index is 1.78. The highest BCUT2D eigenvalue weighted by Gasteiger charge is 2.30. The molecule has 1 saturated heterocycles. The molecule has 0 saturated carbocycles. The van der Waals surface area contributed by atoms with Crippen LogP contribution < -0.4 is 14.4 Å². The number of anilines is 2. The minimum absolute atomic E-state index is 0.124. The maximum absolute atomic E-state index is 12.1. The molecule has 1 amide bonds. The molecule has 24 heavy (non-hydrogen) atoms. The predicted octanol–water partition coefficient (Wildman–Crippen LogP) is 2.48. The Morgan fingerprint density at radius 2 is 2.21 bits per heavy atom. The zero-order valence-electron chi connectivity index (χ0n) is 13.2. The summed E-state index contributed by atoms with van der Waals surface area (Å²) in [6.45, 7) is 0.447. The van der Waals surface area contributed by atoms with Crippen LogP contribution in [0.4, 0.5) is 11.4 Å². The number of nitrogens with one attached hydrogen (secondary N) is 1. The van der Waals surface area contributed by atoms with Gasteiger partial charge in [-0.05, 0) is 30.0 Å². The minimum atomic E-state index is -3.28. The Labute approximate surface area is 145 Å². The fourth-order valence-corrected chi connectivity index (χ4v) is 4.92. The standard InChI is InChI=1S/C16H18N2O4S2/c1-22-15-10-12(17-16(19)11-13-4-2-8-23-13)5-6-14(15)18-7-3-9-24(18,20)21/h2,4-6,8,10H,3,7,9,11H2,1H3,(H,17,19). The van der Waals surface area contributed by atoms with Crippen LogP contribution in [-0.4, -0.2) is 33.7 Å². The molecule has 0 bridgehead atoms. The van der Waals surface area contributed by atoms with E-state index < -0.39 is 10.0 Å². The van der Waals surface area contributed by atoms with E-state index in [0.29, 0.717) is 36.5 Å². The van der Waals surface area contributed by atoms with Gasteiger partial charge in [-0.1, -0.05) is 6.07 Å². The first-order valence-electron chi connectivity index (χ1n) is 7.50. The fraction of sp³-hybridized carbons (Fsp3) is 0.312. The van der Waals surface area contributed by atoms with E-state index in [1.54, 1.807) is 18.2 Å². The molecule has 6 nitrogen and oxygen atoms in total. The van der Waals surface area contributed by atoms with Gasteiger partial charge in [0.2, 0.25) is 15.9 Å². The number of hydrogen-bond acceptors (Lipinski definition) is 5.